The summed E-state index contributed by atoms with van der Waals surface area (Å²) in [5, 5.41) is 3.85. The van der Waals surface area contributed by atoms with Crippen molar-refractivity contribution in [3.05, 3.63) is 130 Å². The van der Waals surface area contributed by atoms with Crippen LogP contribution in [-0.4, -0.2) is 43.3 Å². The number of benzene rings is 4. The SMILES string of the molecule is Cc1ccc(N(CC(=O)N(Cc2cccc(Cl)c2)[C@H](Cc2ccccc2)C(=O)NC(C)(C)C)S(=O)(=O)c2ccccc2)cc1Cl. The van der Waals surface area contributed by atoms with Crippen LogP contribution in [0.1, 0.15) is 37.5 Å². The highest BCUT2D eigenvalue weighted by atomic mass is 35.5. The van der Waals surface area contributed by atoms with Crippen LogP contribution in [0.15, 0.2) is 108 Å². The van der Waals surface area contributed by atoms with Gasteiger partial charge in [-0.1, -0.05) is 89.9 Å². The van der Waals surface area contributed by atoms with Gasteiger partial charge < -0.3 is 10.2 Å². The summed E-state index contributed by atoms with van der Waals surface area (Å²) in [6, 6.07) is 28.2. The lowest BCUT2D eigenvalue weighted by Crippen LogP contribution is -2.56. The monoisotopic (exact) mass is 665 g/mol. The van der Waals surface area contributed by atoms with Crippen molar-refractivity contribution in [1.29, 1.82) is 0 Å². The summed E-state index contributed by atoms with van der Waals surface area (Å²) in [6.45, 7) is 6.84. The molecule has 1 atom stereocenters. The van der Waals surface area contributed by atoms with Crippen molar-refractivity contribution in [3.63, 3.8) is 0 Å². The molecule has 0 unspecified atom stereocenters. The van der Waals surface area contributed by atoms with Crippen LogP contribution in [0, 0.1) is 6.92 Å². The molecule has 7 nitrogen and oxygen atoms in total. The number of nitrogens with zero attached hydrogens (tertiary/aromatic N) is 2. The minimum Gasteiger partial charge on any atom is -0.350 e. The van der Waals surface area contributed by atoms with Crippen LogP contribution < -0.4 is 9.62 Å². The first-order valence-corrected chi connectivity index (χ1v) is 16.7. The van der Waals surface area contributed by atoms with Crippen LogP contribution >= 0.6 is 23.2 Å². The summed E-state index contributed by atoms with van der Waals surface area (Å²) < 4.78 is 29.2. The fourth-order valence-electron chi connectivity index (χ4n) is 4.82. The second kappa shape index (κ2) is 14.5. The molecule has 0 saturated carbocycles. The largest absolute Gasteiger partial charge is 0.350 e. The molecule has 0 aliphatic rings. The molecule has 4 rings (SSSR count). The molecule has 0 radical (unpaired) electrons. The molecule has 1 N–H and O–H groups in total. The van der Waals surface area contributed by atoms with Gasteiger partial charge in [0.05, 0.1) is 10.6 Å². The number of anilines is 1. The zero-order valence-corrected chi connectivity index (χ0v) is 28.0. The fraction of sp³-hybridized carbons (Fsp3) is 0.257. The highest BCUT2D eigenvalue weighted by Gasteiger charge is 2.35. The summed E-state index contributed by atoms with van der Waals surface area (Å²) in [5.74, 6) is -0.936. The number of halogens is 2. The number of hydrogen-bond acceptors (Lipinski definition) is 4. The van der Waals surface area contributed by atoms with Crippen LogP contribution in [0.2, 0.25) is 10.0 Å². The lowest BCUT2D eigenvalue weighted by molar-refractivity contribution is -0.140. The van der Waals surface area contributed by atoms with Gasteiger partial charge in [0.15, 0.2) is 0 Å². The molecule has 0 bridgehead atoms. The van der Waals surface area contributed by atoms with E-state index in [2.05, 4.69) is 5.32 Å². The second-order valence-electron chi connectivity index (χ2n) is 11.9. The van der Waals surface area contributed by atoms with Gasteiger partial charge in [-0.05, 0) is 80.8 Å². The number of nitrogens with one attached hydrogen (secondary N) is 1. The Morgan fingerprint density at radius 1 is 0.822 bits per heavy atom. The number of carbonyl (C=O) groups excluding carboxylic acids is 2. The molecular formula is C35H37Cl2N3O4S. The molecule has 0 spiro atoms. The topological polar surface area (TPSA) is 86.8 Å². The maximum absolute atomic E-state index is 14.5. The molecule has 0 fully saturated rings. The quantitative estimate of drug-likeness (QED) is 0.186. The summed E-state index contributed by atoms with van der Waals surface area (Å²) in [4.78, 5) is 29.9. The Morgan fingerprint density at radius 2 is 1.44 bits per heavy atom. The molecule has 0 aromatic heterocycles. The van der Waals surface area contributed by atoms with Gasteiger partial charge in [-0.25, -0.2) is 8.42 Å². The van der Waals surface area contributed by atoms with E-state index in [0.29, 0.717) is 15.6 Å². The van der Waals surface area contributed by atoms with Crippen LogP contribution in [0.3, 0.4) is 0 Å². The number of sulfonamides is 1. The third-order valence-corrected chi connectivity index (χ3v) is 9.50. The lowest BCUT2D eigenvalue weighted by atomic mass is 10.0. The van der Waals surface area contributed by atoms with Gasteiger partial charge in [0.1, 0.15) is 12.6 Å². The molecule has 0 heterocycles. The normalized spacial score (nSPS) is 12.3. The standard InChI is InChI=1S/C35H37Cl2N3O4S/c1-25-18-19-29(22-31(25)37)40(45(43,44)30-16-9-6-10-17-30)24-33(41)39(23-27-14-11-15-28(36)20-27)32(34(42)38-35(2,3)4)21-26-12-7-5-8-13-26/h5-20,22,32H,21,23-24H2,1-4H3,(H,38,42)/t32-/m1/s1. The fourth-order valence-corrected chi connectivity index (χ4v) is 6.64. The molecular weight excluding hydrogens is 629 g/mol. The smallest absolute Gasteiger partial charge is 0.264 e. The van der Waals surface area contributed by atoms with Crippen LogP contribution in [0.4, 0.5) is 5.69 Å². The molecule has 45 heavy (non-hydrogen) atoms. The van der Waals surface area contributed by atoms with Crippen molar-refractivity contribution in [2.75, 3.05) is 10.8 Å². The molecule has 236 valence electrons. The summed E-state index contributed by atoms with van der Waals surface area (Å²) in [6.07, 6.45) is 0.205. The van der Waals surface area contributed by atoms with E-state index in [0.717, 1.165) is 15.4 Å². The lowest BCUT2D eigenvalue weighted by Gasteiger charge is -2.35. The van der Waals surface area contributed by atoms with E-state index in [4.69, 9.17) is 23.2 Å². The predicted octanol–water partition coefficient (Wildman–Crippen LogP) is 7.05. The number of carbonyl (C=O) groups is 2. The summed E-state index contributed by atoms with van der Waals surface area (Å²) in [5.41, 5.74) is 1.93. The van der Waals surface area contributed by atoms with Gasteiger partial charge in [-0.3, -0.25) is 13.9 Å². The van der Waals surface area contributed by atoms with Gasteiger partial charge in [-0.15, -0.1) is 0 Å². The minimum absolute atomic E-state index is 0.0159. The maximum Gasteiger partial charge on any atom is 0.264 e. The Bertz CT molecular complexity index is 1740. The van der Waals surface area contributed by atoms with E-state index in [9.17, 15) is 18.0 Å². The molecule has 4 aromatic rings. The maximum atomic E-state index is 14.5. The Kier molecular flexibility index (Phi) is 11.0. The molecule has 0 saturated heterocycles. The van der Waals surface area contributed by atoms with E-state index in [-0.39, 0.29) is 29.5 Å². The van der Waals surface area contributed by atoms with Crippen molar-refractivity contribution in [2.45, 2.75) is 57.1 Å². The highest BCUT2D eigenvalue weighted by Crippen LogP contribution is 2.29. The van der Waals surface area contributed by atoms with Gasteiger partial charge in [0.2, 0.25) is 11.8 Å². The average molecular weight is 667 g/mol. The molecule has 4 aromatic carbocycles. The second-order valence-corrected chi connectivity index (χ2v) is 14.6. The van der Waals surface area contributed by atoms with Crippen LogP contribution in [0.5, 0.6) is 0 Å². The Balaban J connectivity index is 1.83. The van der Waals surface area contributed by atoms with Crippen LogP contribution in [-0.2, 0) is 32.6 Å². The van der Waals surface area contributed by atoms with Crippen LogP contribution in [0.25, 0.3) is 0 Å². The Hall–Kier alpha value is -3.85. The van der Waals surface area contributed by atoms with Gasteiger partial charge in [0, 0.05) is 28.5 Å². The van der Waals surface area contributed by atoms with Gasteiger partial charge in [0.25, 0.3) is 10.0 Å². The van der Waals surface area contributed by atoms with Crippen molar-refractivity contribution >= 4 is 50.7 Å². The summed E-state index contributed by atoms with van der Waals surface area (Å²) >= 11 is 12.7. The number of hydrogen-bond donors (Lipinski definition) is 1. The van der Waals surface area contributed by atoms with E-state index >= 15 is 0 Å². The Labute approximate surface area is 275 Å². The first kappa shape index (κ1) is 34.0. The minimum atomic E-state index is -4.22. The number of amides is 2. The predicted molar refractivity (Wildman–Crippen MR) is 181 cm³/mol. The third-order valence-electron chi connectivity index (χ3n) is 7.06. The first-order chi connectivity index (χ1) is 21.2. The Morgan fingerprint density at radius 3 is 2.04 bits per heavy atom. The third kappa shape index (κ3) is 9.10. The average Bonchev–Trinajstić information content (AvgIpc) is 2.99. The van der Waals surface area contributed by atoms with Crippen molar-refractivity contribution in [3.8, 4) is 0 Å². The molecule has 10 heteroatoms. The van der Waals surface area contributed by atoms with Crippen molar-refractivity contribution < 1.29 is 18.0 Å². The van der Waals surface area contributed by atoms with Crippen molar-refractivity contribution in [2.24, 2.45) is 0 Å². The molecule has 0 aliphatic heterocycles. The van der Waals surface area contributed by atoms with E-state index < -0.39 is 34.1 Å². The van der Waals surface area contributed by atoms with Gasteiger partial charge in [-0.2, -0.15) is 0 Å². The first-order valence-electron chi connectivity index (χ1n) is 14.5. The zero-order chi connectivity index (χ0) is 32.8. The highest BCUT2D eigenvalue weighted by molar-refractivity contribution is 7.92. The number of rotatable bonds is 11. The molecule has 2 amide bonds. The summed E-state index contributed by atoms with van der Waals surface area (Å²) in [7, 11) is -4.22. The van der Waals surface area contributed by atoms with E-state index in [1.807, 2.05) is 64.1 Å². The van der Waals surface area contributed by atoms with Crippen molar-refractivity contribution in [1.82, 2.24) is 10.2 Å². The van der Waals surface area contributed by atoms with E-state index in [1.165, 1.54) is 23.1 Å². The van der Waals surface area contributed by atoms with E-state index in [1.54, 1.807) is 48.5 Å². The van der Waals surface area contributed by atoms with Gasteiger partial charge >= 0.3 is 0 Å². The zero-order valence-electron chi connectivity index (χ0n) is 25.7. The molecule has 0 aliphatic carbocycles. The number of aryl methyl sites for hydroxylation is 1.